The van der Waals surface area contributed by atoms with Gasteiger partial charge in [-0.3, -0.25) is 0 Å². The SMILES string of the molecule is CCNc1cc(N2CCC(C(C)O)C2)ccn1. The third-order valence-electron chi connectivity index (χ3n) is 3.37. The molecule has 2 atom stereocenters. The molecular formula is C13H21N3O. The van der Waals surface area contributed by atoms with Gasteiger partial charge in [0.25, 0.3) is 0 Å². The van der Waals surface area contributed by atoms with Crippen LogP contribution in [0.4, 0.5) is 11.5 Å². The van der Waals surface area contributed by atoms with Crippen molar-refractivity contribution in [2.45, 2.75) is 26.4 Å². The smallest absolute Gasteiger partial charge is 0.127 e. The number of pyridine rings is 1. The Morgan fingerprint density at radius 3 is 3.12 bits per heavy atom. The molecule has 1 aromatic heterocycles. The van der Waals surface area contributed by atoms with Crippen molar-refractivity contribution in [2.24, 2.45) is 5.92 Å². The van der Waals surface area contributed by atoms with E-state index in [1.165, 1.54) is 5.69 Å². The summed E-state index contributed by atoms with van der Waals surface area (Å²) in [7, 11) is 0. The number of aromatic nitrogens is 1. The fourth-order valence-electron chi connectivity index (χ4n) is 2.31. The first kappa shape index (κ1) is 12.2. The van der Waals surface area contributed by atoms with Crippen molar-refractivity contribution in [3.63, 3.8) is 0 Å². The van der Waals surface area contributed by atoms with Gasteiger partial charge in [-0.15, -0.1) is 0 Å². The number of hydrogen-bond acceptors (Lipinski definition) is 4. The molecule has 17 heavy (non-hydrogen) atoms. The number of rotatable bonds is 4. The van der Waals surface area contributed by atoms with Crippen molar-refractivity contribution in [2.75, 3.05) is 29.9 Å². The van der Waals surface area contributed by atoms with E-state index in [1.807, 2.05) is 19.2 Å². The van der Waals surface area contributed by atoms with Crippen molar-refractivity contribution >= 4 is 11.5 Å². The van der Waals surface area contributed by atoms with Gasteiger partial charge in [0.2, 0.25) is 0 Å². The number of aliphatic hydroxyl groups excluding tert-OH is 1. The molecule has 0 radical (unpaired) electrons. The van der Waals surface area contributed by atoms with Crippen LogP contribution in [0.15, 0.2) is 18.3 Å². The van der Waals surface area contributed by atoms with Crippen molar-refractivity contribution in [1.29, 1.82) is 0 Å². The summed E-state index contributed by atoms with van der Waals surface area (Å²) in [6, 6.07) is 4.11. The third-order valence-corrected chi connectivity index (χ3v) is 3.37. The Morgan fingerprint density at radius 1 is 1.65 bits per heavy atom. The van der Waals surface area contributed by atoms with Crippen LogP contribution in [0.3, 0.4) is 0 Å². The first-order chi connectivity index (χ1) is 8.20. The monoisotopic (exact) mass is 235 g/mol. The first-order valence-electron chi connectivity index (χ1n) is 6.33. The van der Waals surface area contributed by atoms with Gasteiger partial charge in [-0.1, -0.05) is 0 Å². The van der Waals surface area contributed by atoms with Crippen molar-refractivity contribution in [3.8, 4) is 0 Å². The second kappa shape index (κ2) is 5.36. The first-order valence-corrected chi connectivity index (χ1v) is 6.33. The van der Waals surface area contributed by atoms with Gasteiger partial charge >= 0.3 is 0 Å². The summed E-state index contributed by atoms with van der Waals surface area (Å²) in [5.41, 5.74) is 1.19. The minimum Gasteiger partial charge on any atom is -0.393 e. The van der Waals surface area contributed by atoms with Crippen LogP contribution in [0.5, 0.6) is 0 Å². The van der Waals surface area contributed by atoms with Crippen molar-refractivity contribution in [1.82, 2.24) is 4.98 Å². The van der Waals surface area contributed by atoms with E-state index >= 15 is 0 Å². The summed E-state index contributed by atoms with van der Waals surface area (Å²) in [5, 5.41) is 12.8. The van der Waals surface area contributed by atoms with E-state index in [-0.39, 0.29) is 6.10 Å². The van der Waals surface area contributed by atoms with Crippen LogP contribution in [0.25, 0.3) is 0 Å². The topological polar surface area (TPSA) is 48.4 Å². The lowest BCUT2D eigenvalue weighted by Crippen LogP contribution is -2.23. The number of nitrogens with one attached hydrogen (secondary N) is 1. The van der Waals surface area contributed by atoms with Crippen molar-refractivity contribution < 1.29 is 5.11 Å². The normalized spacial score (nSPS) is 21.6. The van der Waals surface area contributed by atoms with Gasteiger partial charge in [0.05, 0.1) is 6.10 Å². The fourth-order valence-corrected chi connectivity index (χ4v) is 2.31. The second-order valence-electron chi connectivity index (χ2n) is 4.66. The lowest BCUT2D eigenvalue weighted by atomic mass is 10.0. The molecule has 94 valence electrons. The van der Waals surface area contributed by atoms with Crippen LogP contribution in [-0.4, -0.2) is 35.8 Å². The molecular weight excluding hydrogens is 214 g/mol. The van der Waals surface area contributed by atoms with Crippen LogP contribution >= 0.6 is 0 Å². The third kappa shape index (κ3) is 2.88. The van der Waals surface area contributed by atoms with E-state index in [0.29, 0.717) is 5.92 Å². The molecule has 0 bridgehead atoms. The van der Waals surface area contributed by atoms with Crippen molar-refractivity contribution in [3.05, 3.63) is 18.3 Å². The highest BCUT2D eigenvalue weighted by atomic mass is 16.3. The average molecular weight is 235 g/mol. The molecule has 0 saturated carbocycles. The second-order valence-corrected chi connectivity index (χ2v) is 4.66. The zero-order valence-corrected chi connectivity index (χ0v) is 10.6. The van der Waals surface area contributed by atoms with Crippen LogP contribution < -0.4 is 10.2 Å². The largest absolute Gasteiger partial charge is 0.393 e. The molecule has 2 rings (SSSR count). The summed E-state index contributed by atoms with van der Waals surface area (Å²) in [4.78, 5) is 6.59. The Kier molecular flexibility index (Phi) is 3.84. The van der Waals surface area contributed by atoms with E-state index in [9.17, 15) is 5.11 Å². The maximum Gasteiger partial charge on any atom is 0.127 e. The van der Waals surface area contributed by atoms with E-state index < -0.39 is 0 Å². The van der Waals surface area contributed by atoms with E-state index in [1.54, 1.807) is 0 Å². The molecule has 1 fully saturated rings. The van der Waals surface area contributed by atoms with Crippen LogP contribution in [-0.2, 0) is 0 Å². The van der Waals surface area contributed by atoms with E-state index in [0.717, 1.165) is 31.9 Å². The summed E-state index contributed by atoms with van der Waals surface area (Å²) >= 11 is 0. The van der Waals surface area contributed by atoms with Gasteiger partial charge in [-0.2, -0.15) is 0 Å². The number of aliphatic hydroxyl groups is 1. The van der Waals surface area contributed by atoms with Gasteiger partial charge in [-0.05, 0) is 26.3 Å². The Labute approximate surface area is 103 Å². The zero-order valence-electron chi connectivity index (χ0n) is 10.6. The Balaban J connectivity index is 2.05. The Morgan fingerprint density at radius 2 is 2.47 bits per heavy atom. The van der Waals surface area contributed by atoms with Gasteiger partial charge < -0.3 is 15.3 Å². The minimum absolute atomic E-state index is 0.213. The Hall–Kier alpha value is -1.29. The molecule has 1 aliphatic rings. The van der Waals surface area contributed by atoms with Gasteiger partial charge in [-0.25, -0.2) is 4.98 Å². The molecule has 2 N–H and O–H groups in total. The molecule has 0 aromatic carbocycles. The molecule has 1 aliphatic heterocycles. The van der Waals surface area contributed by atoms with Gasteiger partial charge in [0.15, 0.2) is 0 Å². The predicted molar refractivity (Wildman–Crippen MR) is 70.4 cm³/mol. The molecule has 0 aliphatic carbocycles. The highest BCUT2D eigenvalue weighted by Gasteiger charge is 2.26. The Bertz CT molecular complexity index is 367. The molecule has 2 unspecified atom stereocenters. The fraction of sp³-hybridized carbons (Fsp3) is 0.615. The van der Waals surface area contributed by atoms with Crippen LogP contribution in [0.2, 0.25) is 0 Å². The molecule has 4 nitrogen and oxygen atoms in total. The van der Waals surface area contributed by atoms with Gasteiger partial charge in [0, 0.05) is 43.5 Å². The molecule has 1 saturated heterocycles. The average Bonchev–Trinajstić information content (AvgIpc) is 2.79. The maximum atomic E-state index is 9.60. The van der Waals surface area contributed by atoms with E-state index in [2.05, 4.69) is 28.2 Å². The van der Waals surface area contributed by atoms with Crippen LogP contribution in [0.1, 0.15) is 20.3 Å². The van der Waals surface area contributed by atoms with Crippen LogP contribution in [0, 0.1) is 5.92 Å². The summed E-state index contributed by atoms with van der Waals surface area (Å²) in [6.07, 6.45) is 2.69. The van der Waals surface area contributed by atoms with Gasteiger partial charge in [0.1, 0.15) is 5.82 Å². The lowest BCUT2D eigenvalue weighted by molar-refractivity contribution is 0.136. The predicted octanol–water partition coefficient (Wildman–Crippen LogP) is 1.72. The zero-order chi connectivity index (χ0) is 12.3. The standard InChI is InChI=1S/C13H21N3O/c1-3-14-13-8-12(4-6-15-13)16-7-5-11(9-16)10(2)17/h4,6,8,10-11,17H,3,5,7,9H2,1-2H3,(H,14,15). The molecule has 4 heteroatoms. The quantitative estimate of drug-likeness (QED) is 0.834. The molecule has 2 heterocycles. The van der Waals surface area contributed by atoms with E-state index in [4.69, 9.17) is 0 Å². The summed E-state index contributed by atoms with van der Waals surface area (Å²) in [5.74, 6) is 1.32. The maximum absolute atomic E-state index is 9.60. The highest BCUT2D eigenvalue weighted by molar-refractivity contribution is 5.54. The molecule has 0 spiro atoms. The molecule has 0 amide bonds. The summed E-state index contributed by atoms with van der Waals surface area (Å²) in [6.45, 7) is 6.78. The number of hydrogen-bond donors (Lipinski definition) is 2. The molecule has 1 aromatic rings. The minimum atomic E-state index is -0.213. The highest BCUT2D eigenvalue weighted by Crippen LogP contribution is 2.26. The summed E-state index contributed by atoms with van der Waals surface area (Å²) < 4.78 is 0. The number of nitrogens with zero attached hydrogens (tertiary/aromatic N) is 2. The lowest BCUT2D eigenvalue weighted by Gasteiger charge is -2.20. The number of anilines is 2.